The monoisotopic (exact) mass is 377 g/mol. The van der Waals surface area contributed by atoms with Crippen molar-refractivity contribution in [2.24, 2.45) is 0 Å². The highest BCUT2D eigenvalue weighted by Crippen LogP contribution is 2.31. The molecule has 0 spiro atoms. The predicted octanol–water partition coefficient (Wildman–Crippen LogP) is 3.54. The first-order chi connectivity index (χ1) is 13.2. The van der Waals surface area contributed by atoms with Gasteiger partial charge in [0, 0.05) is 25.0 Å². The largest absolute Gasteiger partial charge is 0.325 e. The molecule has 0 aliphatic carbocycles. The second-order valence-corrected chi connectivity index (χ2v) is 8.54. The summed E-state index contributed by atoms with van der Waals surface area (Å²) in [7, 11) is 0. The number of nitrogens with zero attached hydrogens (tertiary/aromatic N) is 2. The van der Waals surface area contributed by atoms with Crippen molar-refractivity contribution in [2.45, 2.75) is 57.5 Å². The molecule has 1 fully saturated rings. The average Bonchev–Trinajstić information content (AvgIpc) is 3.04. The van der Waals surface area contributed by atoms with Crippen molar-refractivity contribution >= 4 is 19.5 Å². The summed E-state index contributed by atoms with van der Waals surface area (Å²) in [6, 6.07) is 9.07. The quantitative estimate of drug-likeness (QED) is 0.487. The van der Waals surface area contributed by atoms with Crippen LogP contribution in [0.25, 0.3) is 0 Å². The minimum atomic E-state index is 0.647. The van der Waals surface area contributed by atoms with Crippen LogP contribution >= 0.6 is 12.8 Å². The summed E-state index contributed by atoms with van der Waals surface area (Å²) in [6.07, 6.45) is 6.77. The van der Waals surface area contributed by atoms with E-state index in [9.17, 15) is 0 Å². The Morgan fingerprint density at radius 3 is 2.93 bits per heavy atom. The number of thiol groups is 1. The first kappa shape index (κ1) is 18.8. The smallest absolute Gasteiger partial charge is 0.184 e. The summed E-state index contributed by atoms with van der Waals surface area (Å²) >= 11 is 4.46. The first-order valence-electron chi connectivity index (χ1n) is 9.91. The third-order valence-electron chi connectivity index (χ3n) is 6.41. The Morgan fingerprint density at radius 1 is 1.26 bits per heavy atom. The van der Waals surface area contributed by atoms with E-state index in [0.717, 1.165) is 26.2 Å². The lowest BCUT2D eigenvalue weighted by Crippen LogP contribution is -2.72. The Bertz CT molecular complexity index is 840. The number of benzene rings is 1. The van der Waals surface area contributed by atoms with Crippen LogP contribution < -0.4 is 5.32 Å². The van der Waals surface area contributed by atoms with Gasteiger partial charge in [-0.2, -0.15) is 0 Å². The maximum absolute atomic E-state index is 4.68. The lowest BCUT2D eigenvalue weighted by Gasteiger charge is -2.48. The molecular formula is C22H28BN3S. The molecule has 1 saturated heterocycles. The second kappa shape index (κ2) is 7.82. The molecule has 2 aromatic rings. The molecule has 4 heterocycles. The fraction of sp³-hybridized carbons (Fsp3) is 0.409. The van der Waals surface area contributed by atoms with Crippen molar-refractivity contribution in [1.29, 1.82) is 0 Å². The van der Waals surface area contributed by atoms with E-state index in [1.807, 2.05) is 0 Å². The highest BCUT2D eigenvalue weighted by molar-refractivity contribution is 7.77. The molecule has 27 heavy (non-hydrogen) atoms. The van der Waals surface area contributed by atoms with Gasteiger partial charge in [0.05, 0.1) is 0 Å². The van der Waals surface area contributed by atoms with Gasteiger partial charge in [-0.3, -0.25) is 4.98 Å². The Balaban J connectivity index is 0.000000872. The highest BCUT2D eigenvalue weighted by atomic mass is 32.1. The third kappa shape index (κ3) is 3.61. The van der Waals surface area contributed by atoms with Crippen molar-refractivity contribution in [3.8, 4) is 0 Å². The minimum Gasteiger partial charge on any atom is -0.325 e. The first-order valence-corrected chi connectivity index (χ1v) is 10.3. The molecule has 5 heteroatoms. The van der Waals surface area contributed by atoms with Gasteiger partial charge < -0.3 is 5.32 Å². The number of rotatable bonds is 3. The van der Waals surface area contributed by atoms with E-state index in [1.54, 1.807) is 11.1 Å². The standard InChI is InChI=1S/C20H24BN3S.C2H4/c1-13-3-2-4-14-8-20-21(9-18(13)14)19(23-20)6-5-17-7-15-11-24(25)12-16(15)10-22-17;1-2/h2-4,7,10,19-20,23,25H,5-6,8-9,11-12H2,1H3;1-2H2. The summed E-state index contributed by atoms with van der Waals surface area (Å²) in [5.41, 5.74) is 8.61. The molecule has 0 radical (unpaired) electrons. The van der Waals surface area contributed by atoms with E-state index in [2.05, 4.69) is 78.0 Å². The van der Waals surface area contributed by atoms with E-state index in [0.29, 0.717) is 11.9 Å². The molecule has 1 aromatic heterocycles. The van der Waals surface area contributed by atoms with Crippen LogP contribution in [0, 0.1) is 6.92 Å². The molecule has 3 nitrogen and oxygen atoms in total. The van der Waals surface area contributed by atoms with Gasteiger partial charge in [-0.25, -0.2) is 4.31 Å². The molecule has 5 rings (SSSR count). The summed E-state index contributed by atoms with van der Waals surface area (Å²) in [5.74, 6) is 1.33. The highest BCUT2D eigenvalue weighted by Gasteiger charge is 2.45. The SMILES string of the molecule is C=C.Cc1cccc2c1CB1C(CCc3cc4c(cn3)CN(S)C4)NC1C2. The molecule has 1 N–H and O–H groups in total. The van der Waals surface area contributed by atoms with Crippen LogP contribution in [0.3, 0.4) is 0 Å². The molecular weight excluding hydrogens is 349 g/mol. The molecule has 2 atom stereocenters. The Labute approximate surface area is 168 Å². The number of aromatic nitrogens is 1. The van der Waals surface area contributed by atoms with E-state index in [-0.39, 0.29) is 0 Å². The minimum absolute atomic E-state index is 0.647. The molecule has 140 valence electrons. The number of hydrogen-bond donors (Lipinski definition) is 2. The molecule has 3 aliphatic rings. The van der Waals surface area contributed by atoms with Crippen LogP contribution in [0.15, 0.2) is 43.6 Å². The van der Waals surface area contributed by atoms with Crippen LogP contribution in [0.4, 0.5) is 0 Å². The lowest BCUT2D eigenvalue weighted by molar-refractivity contribution is 0.460. The van der Waals surface area contributed by atoms with E-state index in [1.165, 1.54) is 41.5 Å². The van der Waals surface area contributed by atoms with Crippen LogP contribution in [-0.2, 0) is 32.3 Å². The summed E-state index contributed by atoms with van der Waals surface area (Å²) in [4.78, 5) is 4.68. The van der Waals surface area contributed by atoms with E-state index < -0.39 is 0 Å². The fourth-order valence-electron chi connectivity index (χ4n) is 4.95. The Morgan fingerprint density at radius 2 is 2.07 bits per heavy atom. The van der Waals surface area contributed by atoms with E-state index in [4.69, 9.17) is 0 Å². The summed E-state index contributed by atoms with van der Waals surface area (Å²) in [5, 5.41) is 3.82. The van der Waals surface area contributed by atoms with Crippen molar-refractivity contribution in [3.63, 3.8) is 0 Å². The maximum Gasteiger partial charge on any atom is 0.184 e. The zero-order chi connectivity index (χ0) is 19.0. The van der Waals surface area contributed by atoms with Crippen LogP contribution in [-0.4, -0.2) is 27.9 Å². The van der Waals surface area contributed by atoms with Gasteiger partial charge in [0.1, 0.15) is 0 Å². The van der Waals surface area contributed by atoms with Crippen LogP contribution in [0.1, 0.15) is 39.9 Å². The van der Waals surface area contributed by atoms with Crippen LogP contribution in [0.5, 0.6) is 0 Å². The fourth-order valence-corrected chi connectivity index (χ4v) is 5.25. The van der Waals surface area contributed by atoms with E-state index >= 15 is 0 Å². The van der Waals surface area contributed by atoms with Gasteiger partial charge in [-0.1, -0.05) is 31.0 Å². The predicted molar refractivity (Wildman–Crippen MR) is 117 cm³/mol. The molecule has 2 unspecified atom stereocenters. The molecule has 0 saturated carbocycles. The second-order valence-electron chi connectivity index (χ2n) is 7.97. The van der Waals surface area contributed by atoms with Gasteiger partial charge >= 0.3 is 0 Å². The molecule has 3 aliphatic heterocycles. The van der Waals surface area contributed by atoms with Gasteiger partial charge in [-0.05, 0) is 78.3 Å². The lowest BCUT2D eigenvalue weighted by atomic mass is 9.27. The van der Waals surface area contributed by atoms with Crippen molar-refractivity contribution < 1.29 is 0 Å². The van der Waals surface area contributed by atoms with Gasteiger partial charge in [-0.15, -0.1) is 13.2 Å². The van der Waals surface area contributed by atoms with Crippen LogP contribution in [0.2, 0.25) is 0 Å². The summed E-state index contributed by atoms with van der Waals surface area (Å²) < 4.78 is 2.05. The number of aryl methyl sites for hydroxylation is 2. The Hall–Kier alpha value is -1.56. The van der Waals surface area contributed by atoms with Crippen molar-refractivity contribution in [1.82, 2.24) is 14.6 Å². The summed E-state index contributed by atoms with van der Waals surface area (Å²) in [6.45, 7) is 10.9. The third-order valence-corrected chi connectivity index (χ3v) is 6.69. The van der Waals surface area contributed by atoms with Gasteiger partial charge in [0.2, 0.25) is 0 Å². The molecule has 0 bridgehead atoms. The topological polar surface area (TPSA) is 28.2 Å². The average molecular weight is 377 g/mol. The molecule has 1 aromatic carbocycles. The van der Waals surface area contributed by atoms with Gasteiger partial charge in [0.15, 0.2) is 6.71 Å². The normalized spacial score (nSPS) is 22.8. The number of pyridine rings is 1. The van der Waals surface area contributed by atoms with Crippen molar-refractivity contribution in [2.75, 3.05) is 0 Å². The number of fused-ring (bicyclic) bond motifs is 3. The number of hydrogen-bond acceptors (Lipinski definition) is 4. The molecule has 0 amide bonds. The van der Waals surface area contributed by atoms with Crippen molar-refractivity contribution in [3.05, 3.63) is 77.1 Å². The maximum atomic E-state index is 4.68. The van der Waals surface area contributed by atoms with Gasteiger partial charge in [0.25, 0.3) is 0 Å². The number of nitrogens with one attached hydrogen (secondary N) is 1. The zero-order valence-corrected chi connectivity index (χ0v) is 17.0. The zero-order valence-electron chi connectivity index (χ0n) is 16.1. The Kier molecular flexibility index (Phi) is 5.44.